The lowest BCUT2D eigenvalue weighted by atomic mass is 10.2. The third kappa shape index (κ3) is 3.88. The molecule has 0 aromatic carbocycles. The fourth-order valence-electron chi connectivity index (χ4n) is 2.85. The van der Waals surface area contributed by atoms with Crippen LogP contribution in [0.25, 0.3) is 0 Å². The Morgan fingerprint density at radius 2 is 1.91 bits per heavy atom. The maximum atomic E-state index is 11.2. The van der Waals surface area contributed by atoms with E-state index in [2.05, 4.69) is 37.7 Å². The lowest BCUT2D eigenvalue weighted by molar-refractivity contribution is 0.644. The van der Waals surface area contributed by atoms with Crippen molar-refractivity contribution >= 4 is 11.5 Å². The van der Waals surface area contributed by atoms with Crippen LogP contribution in [0.15, 0.2) is 35.5 Å². The second kappa shape index (κ2) is 7.26. The third-order valence-corrected chi connectivity index (χ3v) is 4.23. The lowest BCUT2D eigenvalue weighted by Gasteiger charge is -2.36. The zero-order valence-corrected chi connectivity index (χ0v) is 13.5. The van der Waals surface area contributed by atoms with Gasteiger partial charge in [-0.2, -0.15) is 0 Å². The molecule has 3 rings (SSSR count). The number of aromatic amines is 1. The van der Waals surface area contributed by atoms with Gasteiger partial charge in [0, 0.05) is 50.2 Å². The van der Waals surface area contributed by atoms with Gasteiger partial charge < -0.3 is 14.8 Å². The lowest BCUT2D eigenvalue weighted by Crippen LogP contribution is -2.47. The van der Waals surface area contributed by atoms with Gasteiger partial charge in [-0.05, 0) is 18.9 Å². The fraction of sp³-hybridized carbons (Fsp3) is 0.471. The number of nitrogens with one attached hydrogen (secondary N) is 1. The highest BCUT2D eigenvalue weighted by Crippen LogP contribution is 2.18. The van der Waals surface area contributed by atoms with Crippen LogP contribution in [-0.4, -0.2) is 41.1 Å². The minimum atomic E-state index is -0.0621. The molecule has 1 aliphatic heterocycles. The minimum absolute atomic E-state index is 0.0621. The van der Waals surface area contributed by atoms with Crippen LogP contribution in [0.1, 0.15) is 25.5 Å². The summed E-state index contributed by atoms with van der Waals surface area (Å²) in [6.45, 7) is 5.87. The molecule has 23 heavy (non-hydrogen) atoms. The van der Waals surface area contributed by atoms with Crippen LogP contribution in [0, 0.1) is 0 Å². The first kappa shape index (κ1) is 15.5. The van der Waals surface area contributed by atoms with Crippen molar-refractivity contribution in [2.45, 2.75) is 26.2 Å². The summed E-state index contributed by atoms with van der Waals surface area (Å²) in [5, 5.41) is 0. The second-order valence-corrected chi connectivity index (χ2v) is 5.86. The number of piperazine rings is 1. The Labute approximate surface area is 136 Å². The van der Waals surface area contributed by atoms with E-state index in [1.165, 1.54) is 6.42 Å². The number of pyridine rings is 1. The zero-order chi connectivity index (χ0) is 16.1. The Morgan fingerprint density at radius 1 is 1.13 bits per heavy atom. The maximum absolute atomic E-state index is 11.2. The van der Waals surface area contributed by atoms with E-state index >= 15 is 0 Å². The minimum Gasteiger partial charge on any atom is -0.367 e. The van der Waals surface area contributed by atoms with E-state index in [-0.39, 0.29) is 5.56 Å². The molecule has 122 valence electrons. The van der Waals surface area contributed by atoms with Gasteiger partial charge in [0.1, 0.15) is 12.1 Å². The van der Waals surface area contributed by atoms with Gasteiger partial charge in [-0.15, -0.1) is 0 Å². The molecule has 6 heteroatoms. The van der Waals surface area contributed by atoms with E-state index in [4.69, 9.17) is 0 Å². The van der Waals surface area contributed by atoms with Crippen LogP contribution in [0.2, 0.25) is 0 Å². The van der Waals surface area contributed by atoms with Gasteiger partial charge in [0.2, 0.25) is 5.56 Å². The van der Waals surface area contributed by atoms with Crippen LogP contribution >= 0.6 is 0 Å². The van der Waals surface area contributed by atoms with Gasteiger partial charge in [0.05, 0.1) is 5.69 Å². The summed E-state index contributed by atoms with van der Waals surface area (Å²) in [6, 6.07) is 5.57. The van der Waals surface area contributed by atoms with E-state index in [1.54, 1.807) is 18.6 Å². The summed E-state index contributed by atoms with van der Waals surface area (Å²) in [5.41, 5.74) is 2.13. The number of hydrogen-bond acceptors (Lipinski definition) is 5. The van der Waals surface area contributed by atoms with E-state index in [9.17, 15) is 4.79 Å². The number of rotatable bonds is 5. The highest BCUT2D eigenvalue weighted by Gasteiger charge is 2.18. The highest BCUT2D eigenvalue weighted by atomic mass is 16.1. The maximum Gasteiger partial charge on any atom is 0.248 e. The van der Waals surface area contributed by atoms with E-state index in [0.717, 1.165) is 56.2 Å². The molecule has 1 N–H and O–H groups in total. The van der Waals surface area contributed by atoms with E-state index < -0.39 is 0 Å². The molecule has 0 atom stereocenters. The first-order valence-electron chi connectivity index (χ1n) is 8.26. The van der Waals surface area contributed by atoms with E-state index in [1.807, 2.05) is 6.07 Å². The Kier molecular flexibility index (Phi) is 4.90. The average Bonchev–Trinajstić information content (AvgIpc) is 2.61. The molecular weight excluding hydrogens is 290 g/mol. The molecule has 2 aromatic rings. The number of unbranched alkanes of at least 4 members (excludes halogenated alkanes) is 1. The van der Waals surface area contributed by atoms with Crippen molar-refractivity contribution in [1.82, 2.24) is 15.0 Å². The van der Waals surface area contributed by atoms with Gasteiger partial charge in [-0.25, -0.2) is 9.97 Å². The predicted octanol–water partition coefficient (Wildman–Crippen LogP) is 1.83. The first-order valence-corrected chi connectivity index (χ1v) is 8.26. The molecule has 0 amide bonds. The SMILES string of the molecule is CCCCc1cc(N2CCN(c3ccc(=O)[nH]c3)CC2)ncn1. The summed E-state index contributed by atoms with van der Waals surface area (Å²) in [4.78, 5) is 27.3. The third-order valence-electron chi connectivity index (χ3n) is 4.23. The fourth-order valence-corrected chi connectivity index (χ4v) is 2.85. The molecule has 2 aromatic heterocycles. The second-order valence-electron chi connectivity index (χ2n) is 5.86. The Bertz CT molecular complexity index is 671. The molecule has 0 unspecified atom stereocenters. The van der Waals surface area contributed by atoms with Crippen molar-refractivity contribution in [3.8, 4) is 0 Å². The summed E-state index contributed by atoms with van der Waals surface area (Å²) < 4.78 is 0. The molecular formula is C17H23N5O. The highest BCUT2D eigenvalue weighted by molar-refractivity contribution is 5.47. The van der Waals surface area contributed by atoms with Crippen molar-refractivity contribution in [2.24, 2.45) is 0 Å². The Hall–Kier alpha value is -2.37. The van der Waals surface area contributed by atoms with Gasteiger partial charge in [-0.1, -0.05) is 13.3 Å². The molecule has 6 nitrogen and oxygen atoms in total. The van der Waals surface area contributed by atoms with Crippen LogP contribution in [-0.2, 0) is 6.42 Å². The summed E-state index contributed by atoms with van der Waals surface area (Å²) in [5.74, 6) is 1.02. The van der Waals surface area contributed by atoms with Gasteiger partial charge >= 0.3 is 0 Å². The number of aromatic nitrogens is 3. The van der Waals surface area contributed by atoms with Crippen LogP contribution in [0.3, 0.4) is 0 Å². The van der Waals surface area contributed by atoms with Crippen LogP contribution < -0.4 is 15.4 Å². The molecule has 0 saturated carbocycles. The van der Waals surface area contributed by atoms with Crippen molar-refractivity contribution in [1.29, 1.82) is 0 Å². The largest absolute Gasteiger partial charge is 0.367 e. The zero-order valence-electron chi connectivity index (χ0n) is 13.5. The van der Waals surface area contributed by atoms with Crippen molar-refractivity contribution in [3.05, 3.63) is 46.8 Å². The van der Waals surface area contributed by atoms with Gasteiger partial charge in [-0.3, -0.25) is 4.79 Å². The van der Waals surface area contributed by atoms with Crippen molar-refractivity contribution in [2.75, 3.05) is 36.0 Å². The van der Waals surface area contributed by atoms with Crippen molar-refractivity contribution in [3.63, 3.8) is 0 Å². The monoisotopic (exact) mass is 313 g/mol. The summed E-state index contributed by atoms with van der Waals surface area (Å²) in [7, 11) is 0. The topological polar surface area (TPSA) is 65.1 Å². The number of H-pyrrole nitrogens is 1. The number of aryl methyl sites for hydroxylation is 1. The molecule has 3 heterocycles. The average molecular weight is 313 g/mol. The molecule has 0 spiro atoms. The Balaban J connectivity index is 1.62. The number of hydrogen-bond donors (Lipinski definition) is 1. The standard InChI is InChI=1S/C17H23N5O/c1-2-3-4-14-11-16(20-13-19-14)22-9-7-21(8-10-22)15-5-6-17(23)18-12-15/h5-6,11-13H,2-4,7-10H2,1H3,(H,18,23). The first-order chi connectivity index (χ1) is 11.3. The normalized spacial score (nSPS) is 15.0. The molecule has 0 aliphatic carbocycles. The summed E-state index contributed by atoms with van der Waals surface area (Å²) >= 11 is 0. The van der Waals surface area contributed by atoms with Crippen molar-refractivity contribution < 1.29 is 0 Å². The molecule has 1 aliphatic rings. The quantitative estimate of drug-likeness (QED) is 0.912. The molecule has 0 radical (unpaired) electrons. The Morgan fingerprint density at radius 3 is 2.61 bits per heavy atom. The molecule has 0 bridgehead atoms. The van der Waals surface area contributed by atoms with E-state index in [0.29, 0.717) is 0 Å². The summed E-state index contributed by atoms with van der Waals surface area (Å²) in [6.07, 6.45) is 6.82. The smallest absolute Gasteiger partial charge is 0.248 e. The number of anilines is 2. The number of nitrogens with zero attached hydrogens (tertiary/aromatic N) is 4. The van der Waals surface area contributed by atoms with Gasteiger partial charge in [0.25, 0.3) is 0 Å². The molecule has 1 fully saturated rings. The van der Waals surface area contributed by atoms with Gasteiger partial charge in [0.15, 0.2) is 0 Å². The molecule has 1 saturated heterocycles. The predicted molar refractivity (Wildman–Crippen MR) is 92.1 cm³/mol. The van der Waals surface area contributed by atoms with Crippen LogP contribution in [0.5, 0.6) is 0 Å². The van der Waals surface area contributed by atoms with Crippen LogP contribution in [0.4, 0.5) is 11.5 Å².